The molecular formula is C37H48O9. The number of esters is 2. The van der Waals surface area contributed by atoms with E-state index >= 15 is 0 Å². The Morgan fingerprint density at radius 1 is 0.739 bits per heavy atom. The monoisotopic (exact) mass is 636 g/mol. The SMILES string of the molecule is CCCCCC(C(=O)OC(CCc1ccc(O)c(OC)c1)CC(CCc1ccc(O)c(OC)c1)OC(C)=O)c1cccc(CO)c1. The fourth-order valence-electron chi connectivity index (χ4n) is 5.56. The fourth-order valence-corrected chi connectivity index (χ4v) is 5.56. The number of carbonyl (C=O) groups excluding carboxylic acids is 2. The van der Waals surface area contributed by atoms with Gasteiger partial charge in [-0.2, -0.15) is 0 Å². The highest BCUT2D eigenvalue weighted by Crippen LogP contribution is 2.31. The molecule has 0 bridgehead atoms. The van der Waals surface area contributed by atoms with Crippen LogP contribution in [0.3, 0.4) is 0 Å². The number of benzene rings is 3. The zero-order valence-electron chi connectivity index (χ0n) is 27.4. The van der Waals surface area contributed by atoms with Crippen LogP contribution < -0.4 is 9.47 Å². The van der Waals surface area contributed by atoms with E-state index in [-0.39, 0.29) is 30.5 Å². The highest BCUT2D eigenvalue weighted by atomic mass is 16.6. The minimum absolute atomic E-state index is 0.0371. The Morgan fingerprint density at radius 2 is 1.33 bits per heavy atom. The maximum absolute atomic E-state index is 13.9. The van der Waals surface area contributed by atoms with Gasteiger partial charge in [-0.15, -0.1) is 0 Å². The Hall–Kier alpha value is -4.24. The van der Waals surface area contributed by atoms with Crippen LogP contribution in [-0.2, 0) is 38.5 Å². The molecule has 0 amide bonds. The summed E-state index contributed by atoms with van der Waals surface area (Å²) in [6.45, 7) is 3.34. The smallest absolute Gasteiger partial charge is 0.313 e. The maximum Gasteiger partial charge on any atom is 0.313 e. The zero-order chi connectivity index (χ0) is 33.5. The van der Waals surface area contributed by atoms with Crippen LogP contribution in [0.25, 0.3) is 0 Å². The molecule has 0 heterocycles. The number of aliphatic hydroxyl groups excluding tert-OH is 1. The lowest BCUT2D eigenvalue weighted by Gasteiger charge is -2.26. The lowest BCUT2D eigenvalue weighted by molar-refractivity contribution is -0.156. The number of methoxy groups -OCH3 is 2. The molecule has 250 valence electrons. The van der Waals surface area contributed by atoms with Crippen molar-refractivity contribution in [1.82, 2.24) is 0 Å². The molecule has 9 nitrogen and oxygen atoms in total. The predicted molar refractivity (Wildman–Crippen MR) is 175 cm³/mol. The molecule has 3 atom stereocenters. The van der Waals surface area contributed by atoms with Gasteiger partial charge in [0.15, 0.2) is 23.0 Å². The molecule has 0 radical (unpaired) electrons. The molecular weight excluding hydrogens is 588 g/mol. The molecule has 0 aliphatic heterocycles. The van der Waals surface area contributed by atoms with Crippen LogP contribution in [0.15, 0.2) is 60.7 Å². The second-order valence-corrected chi connectivity index (χ2v) is 11.6. The van der Waals surface area contributed by atoms with Crippen molar-refractivity contribution < 1.29 is 43.9 Å². The Bertz CT molecular complexity index is 1400. The first-order chi connectivity index (χ1) is 22.2. The number of unbranched alkanes of at least 4 members (excludes halogenated alkanes) is 2. The van der Waals surface area contributed by atoms with Crippen molar-refractivity contribution >= 4 is 11.9 Å². The number of hydrogen-bond acceptors (Lipinski definition) is 9. The predicted octanol–water partition coefficient (Wildman–Crippen LogP) is 6.77. The zero-order valence-corrected chi connectivity index (χ0v) is 27.4. The van der Waals surface area contributed by atoms with Crippen LogP contribution in [0.1, 0.15) is 87.0 Å². The summed E-state index contributed by atoms with van der Waals surface area (Å²) in [6.07, 6.45) is 4.59. The average Bonchev–Trinajstić information content (AvgIpc) is 3.05. The number of aromatic hydroxyl groups is 2. The maximum atomic E-state index is 13.9. The van der Waals surface area contributed by atoms with Crippen molar-refractivity contribution in [3.63, 3.8) is 0 Å². The van der Waals surface area contributed by atoms with Crippen molar-refractivity contribution in [2.75, 3.05) is 14.2 Å². The van der Waals surface area contributed by atoms with Gasteiger partial charge in [-0.3, -0.25) is 9.59 Å². The van der Waals surface area contributed by atoms with Crippen LogP contribution >= 0.6 is 0 Å². The number of hydrogen-bond donors (Lipinski definition) is 3. The van der Waals surface area contributed by atoms with Crippen LogP contribution in [0.4, 0.5) is 0 Å². The van der Waals surface area contributed by atoms with Crippen molar-refractivity contribution in [2.45, 2.75) is 96.4 Å². The molecule has 0 saturated heterocycles. The number of phenolic OH excluding ortho intramolecular Hbond substituents is 2. The van der Waals surface area contributed by atoms with Gasteiger partial charge in [0.05, 0.1) is 26.7 Å². The van der Waals surface area contributed by atoms with Crippen LogP contribution in [0.5, 0.6) is 23.0 Å². The topological polar surface area (TPSA) is 132 Å². The quantitative estimate of drug-likeness (QED) is 0.0963. The highest BCUT2D eigenvalue weighted by Gasteiger charge is 2.28. The van der Waals surface area contributed by atoms with E-state index in [9.17, 15) is 24.9 Å². The molecule has 3 rings (SSSR count). The molecule has 0 aromatic heterocycles. The third kappa shape index (κ3) is 11.3. The number of phenols is 2. The molecule has 0 fully saturated rings. The number of aryl methyl sites for hydroxylation is 2. The summed E-state index contributed by atoms with van der Waals surface area (Å²) < 4.78 is 22.5. The largest absolute Gasteiger partial charge is 0.504 e. The number of ether oxygens (including phenoxy) is 4. The van der Waals surface area contributed by atoms with Gasteiger partial charge in [-0.05, 0) is 78.6 Å². The van der Waals surface area contributed by atoms with E-state index in [2.05, 4.69) is 6.92 Å². The summed E-state index contributed by atoms with van der Waals surface area (Å²) >= 11 is 0. The van der Waals surface area contributed by atoms with E-state index in [0.29, 0.717) is 43.6 Å². The lowest BCUT2D eigenvalue weighted by Crippen LogP contribution is -2.30. The molecule has 0 aliphatic carbocycles. The first-order valence-corrected chi connectivity index (χ1v) is 16.0. The van der Waals surface area contributed by atoms with Crippen LogP contribution in [-0.4, -0.2) is 53.7 Å². The summed E-state index contributed by atoms with van der Waals surface area (Å²) in [5.41, 5.74) is 3.32. The van der Waals surface area contributed by atoms with Gasteiger partial charge in [0.1, 0.15) is 12.2 Å². The van der Waals surface area contributed by atoms with Gasteiger partial charge in [-0.1, -0.05) is 62.6 Å². The van der Waals surface area contributed by atoms with Gasteiger partial charge < -0.3 is 34.3 Å². The Balaban J connectivity index is 1.86. The van der Waals surface area contributed by atoms with Crippen molar-refractivity contribution in [2.24, 2.45) is 0 Å². The van der Waals surface area contributed by atoms with Gasteiger partial charge in [0, 0.05) is 13.3 Å². The van der Waals surface area contributed by atoms with Crippen molar-refractivity contribution in [1.29, 1.82) is 0 Å². The average molecular weight is 637 g/mol. The fraction of sp³-hybridized carbons (Fsp3) is 0.459. The highest BCUT2D eigenvalue weighted by molar-refractivity contribution is 5.78. The van der Waals surface area contributed by atoms with E-state index in [1.807, 2.05) is 24.3 Å². The van der Waals surface area contributed by atoms with Gasteiger partial charge in [-0.25, -0.2) is 0 Å². The molecule has 9 heteroatoms. The molecule has 3 unspecified atom stereocenters. The third-order valence-corrected chi connectivity index (χ3v) is 8.06. The van der Waals surface area contributed by atoms with Gasteiger partial charge >= 0.3 is 11.9 Å². The molecule has 3 aromatic rings. The van der Waals surface area contributed by atoms with Crippen LogP contribution in [0.2, 0.25) is 0 Å². The minimum atomic E-state index is -0.583. The summed E-state index contributed by atoms with van der Waals surface area (Å²) in [5, 5.41) is 29.8. The van der Waals surface area contributed by atoms with Crippen molar-refractivity contribution in [3.05, 3.63) is 82.9 Å². The van der Waals surface area contributed by atoms with E-state index < -0.39 is 24.1 Å². The summed E-state index contributed by atoms with van der Waals surface area (Å²) in [6, 6.07) is 17.6. The summed E-state index contributed by atoms with van der Waals surface area (Å²) in [4.78, 5) is 26.1. The van der Waals surface area contributed by atoms with E-state index in [1.54, 1.807) is 36.4 Å². The minimum Gasteiger partial charge on any atom is -0.504 e. The molecule has 0 spiro atoms. The van der Waals surface area contributed by atoms with Crippen LogP contribution in [0, 0.1) is 0 Å². The second-order valence-electron chi connectivity index (χ2n) is 11.6. The normalized spacial score (nSPS) is 13.0. The standard InChI is InChI=1S/C37H48O9/c1-5-6-7-11-32(29-10-8-9-28(20-29)24-38)37(42)46-31(17-13-27-15-19-34(41)36(22-27)44-4)23-30(45-25(2)39)16-12-26-14-18-33(40)35(21-26)43-3/h8-10,14-15,18-22,30-32,38,40-41H,5-7,11-13,16-17,23-24H2,1-4H3. The van der Waals surface area contributed by atoms with Gasteiger partial charge in [0.25, 0.3) is 0 Å². The van der Waals surface area contributed by atoms with Gasteiger partial charge in [0.2, 0.25) is 0 Å². The van der Waals surface area contributed by atoms with Crippen molar-refractivity contribution in [3.8, 4) is 23.0 Å². The summed E-state index contributed by atoms with van der Waals surface area (Å²) in [7, 11) is 2.97. The molecule has 3 aromatic carbocycles. The Morgan fingerprint density at radius 3 is 1.85 bits per heavy atom. The third-order valence-electron chi connectivity index (χ3n) is 8.06. The number of aliphatic hydroxyl groups is 1. The first-order valence-electron chi connectivity index (χ1n) is 16.0. The second kappa shape index (κ2) is 18.7. The van der Waals surface area contributed by atoms with E-state index in [4.69, 9.17) is 18.9 Å². The molecule has 0 saturated carbocycles. The first kappa shape index (κ1) is 36.2. The Labute approximate surface area is 272 Å². The summed E-state index contributed by atoms with van der Waals surface area (Å²) in [5.74, 6) is -0.506. The molecule has 0 aliphatic rings. The molecule has 46 heavy (non-hydrogen) atoms. The van der Waals surface area contributed by atoms with E-state index in [1.165, 1.54) is 21.1 Å². The lowest BCUT2D eigenvalue weighted by atomic mass is 9.91. The number of carbonyl (C=O) groups is 2. The number of rotatable bonds is 19. The Kier molecular flexibility index (Phi) is 14.7. The van der Waals surface area contributed by atoms with E-state index in [0.717, 1.165) is 41.5 Å². The molecule has 3 N–H and O–H groups in total.